The summed E-state index contributed by atoms with van der Waals surface area (Å²) in [7, 11) is -3.30. The van der Waals surface area contributed by atoms with Gasteiger partial charge in [-0.1, -0.05) is 6.07 Å². The molecule has 0 bridgehead atoms. The van der Waals surface area contributed by atoms with Gasteiger partial charge in [0.25, 0.3) is 5.91 Å². The molecule has 3 aromatic rings. The fourth-order valence-electron chi connectivity index (χ4n) is 2.15. The predicted molar refractivity (Wildman–Crippen MR) is 96.1 cm³/mol. The van der Waals surface area contributed by atoms with Crippen LogP contribution >= 0.6 is 0 Å². The Morgan fingerprint density at radius 3 is 2.50 bits per heavy atom. The number of carbonyl (C=O) groups excluding carboxylic acids is 1. The highest BCUT2D eigenvalue weighted by Gasteiger charge is 2.10. The molecule has 0 radical (unpaired) electrons. The van der Waals surface area contributed by atoms with Gasteiger partial charge in [0, 0.05) is 36.0 Å². The number of anilines is 1. The van der Waals surface area contributed by atoms with E-state index < -0.39 is 9.84 Å². The molecule has 0 aliphatic rings. The molecule has 0 spiro atoms. The second kappa shape index (κ2) is 7.32. The Morgan fingerprint density at radius 1 is 1.08 bits per heavy atom. The molecule has 7 nitrogen and oxygen atoms in total. The molecule has 1 aromatic heterocycles. The number of rotatable bonds is 5. The van der Waals surface area contributed by atoms with Gasteiger partial charge in [-0.3, -0.25) is 9.78 Å². The third kappa shape index (κ3) is 4.42. The van der Waals surface area contributed by atoms with Crippen LogP contribution in [0.15, 0.2) is 72.0 Å². The fourth-order valence-corrected chi connectivity index (χ4v) is 2.78. The Balaban J connectivity index is 1.72. The SMILES string of the molecule is CS(=O)(=O)c1ccc(C(=O)Nc2cccc(Oc3cnccn3)c2)cc1. The lowest BCUT2D eigenvalue weighted by Crippen LogP contribution is -2.12. The molecule has 1 N–H and O–H groups in total. The summed E-state index contributed by atoms with van der Waals surface area (Å²) < 4.78 is 28.5. The lowest BCUT2D eigenvalue weighted by atomic mass is 10.2. The summed E-state index contributed by atoms with van der Waals surface area (Å²) in [4.78, 5) is 20.4. The van der Waals surface area contributed by atoms with E-state index in [4.69, 9.17) is 4.74 Å². The number of sulfone groups is 1. The zero-order valence-corrected chi connectivity index (χ0v) is 14.6. The zero-order chi connectivity index (χ0) is 18.6. The Bertz CT molecular complexity index is 1020. The molecule has 0 fully saturated rings. The maximum atomic E-state index is 12.3. The Hall–Kier alpha value is -3.26. The van der Waals surface area contributed by atoms with Crippen molar-refractivity contribution in [2.24, 2.45) is 0 Å². The van der Waals surface area contributed by atoms with E-state index in [1.165, 1.54) is 36.7 Å². The normalized spacial score (nSPS) is 11.0. The van der Waals surface area contributed by atoms with Crippen LogP contribution in [0.3, 0.4) is 0 Å². The lowest BCUT2D eigenvalue weighted by molar-refractivity contribution is 0.102. The van der Waals surface area contributed by atoms with Crippen LogP contribution in [-0.4, -0.2) is 30.5 Å². The molecule has 0 aliphatic heterocycles. The van der Waals surface area contributed by atoms with Crippen molar-refractivity contribution < 1.29 is 17.9 Å². The van der Waals surface area contributed by atoms with E-state index in [0.717, 1.165) is 6.26 Å². The van der Waals surface area contributed by atoms with E-state index in [2.05, 4.69) is 15.3 Å². The number of amides is 1. The van der Waals surface area contributed by atoms with Crippen LogP contribution in [-0.2, 0) is 9.84 Å². The van der Waals surface area contributed by atoms with Gasteiger partial charge < -0.3 is 10.1 Å². The molecule has 8 heteroatoms. The van der Waals surface area contributed by atoms with Crippen molar-refractivity contribution >= 4 is 21.4 Å². The minimum Gasteiger partial charge on any atom is -0.437 e. The summed E-state index contributed by atoms with van der Waals surface area (Å²) in [6, 6.07) is 12.6. The van der Waals surface area contributed by atoms with Crippen molar-refractivity contribution in [2.75, 3.05) is 11.6 Å². The van der Waals surface area contributed by atoms with E-state index in [9.17, 15) is 13.2 Å². The van der Waals surface area contributed by atoms with Crippen molar-refractivity contribution in [3.8, 4) is 11.6 Å². The average molecular weight is 369 g/mol. The van der Waals surface area contributed by atoms with Crippen molar-refractivity contribution in [1.82, 2.24) is 9.97 Å². The van der Waals surface area contributed by atoms with E-state index in [-0.39, 0.29) is 10.8 Å². The van der Waals surface area contributed by atoms with Crippen LogP contribution in [0.25, 0.3) is 0 Å². The molecular formula is C18H15N3O4S. The van der Waals surface area contributed by atoms with Crippen molar-refractivity contribution in [3.05, 3.63) is 72.7 Å². The minimum atomic E-state index is -3.30. The molecule has 1 heterocycles. The molecule has 3 rings (SSSR count). The van der Waals surface area contributed by atoms with Gasteiger partial charge in [-0.05, 0) is 36.4 Å². The molecule has 26 heavy (non-hydrogen) atoms. The monoisotopic (exact) mass is 369 g/mol. The van der Waals surface area contributed by atoms with Crippen molar-refractivity contribution in [2.45, 2.75) is 4.90 Å². The second-order valence-corrected chi connectivity index (χ2v) is 7.44. The van der Waals surface area contributed by atoms with Crippen molar-refractivity contribution in [1.29, 1.82) is 0 Å². The first-order valence-corrected chi connectivity index (χ1v) is 9.46. The first-order chi connectivity index (χ1) is 12.4. The average Bonchev–Trinajstić information content (AvgIpc) is 2.62. The molecule has 0 saturated carbocycles. The third-order valence-electron chi connectivity index (χ3n) is 3.40. The summed E-state index contributed by atoms with van der Waals surface area (Å²) in [6.07, 6.45) is 5.65. The molecule has 2 aromatic carbocycles. The highest BCUT2D eigenvalue weighted by molar-refractivity contribution is 7.90. The Kier molecular flexibility index (Phi) is 4.94. The van der Waals surface area contributed by atoms with Gasteiger partial charge in [-0.2, -0.15) is 0 Å². The molecule has 132 valence electrons. The number of nitrogens with zero attached hydrogens (tertiary/aromatic N) is 2. The predicted octanol–water partition coefficient (Wildman–Crippen LogP) is 2.92. The van der Waals surface area contributed by atoms with Gasteiger partial charge in [0.1, 0.15) is 5.75 Å². The summed E-state index contributed by atoms with van der Waals surface area (Å²) in [6.45, 7) is 0. The molecular weight excluding hydrogens is 354 g/mol. The van der Waals surface area contributed by atoms with Crippen molar-refractivity contribution in [3.63, 3.8) is 0 Å². The van der Waals surface area contributed by atoms with Crippen LogP contribution in [0.1, 0.15) is 10.4 Å². The van der Waals surface area contributed by atoms with Gasteiger partial charge in [-0.25, -0.2) is 13.4 Å². The summed E-state index contributed by atoms with van der Waals surface area (Å²) in [5.41, 5.74) is 0.876. The van der Waals surface area contributed by atoms with E-state index in [1.807, 2.05) is 0 Å². The Labute approximate surface area is 150 Å². The number of carbonyl (C=O) groups is 1. The van der Waals surface area contributed by atoms with Crippen LogP contribution in [0.2, 0.25) is 0 Å². The summed E-state index contributed by atoms with van der Waals surface area (Å²) in [5.74, 6) is 0.477. The maximum Gasteiger partial charge on any atom is 0.255 e. The van der Waals surface area contributed by atoms with Crippen LogP contribution in [0.4, 0.5) is 5.69 Å². The minimum absolute atomic E-state index is 0.161. The largest absolute Gasteiger partial charge is 0.437 e. The van der Waals surface area contributed by atoms with Crippen LogP contribution in [0.5, 0.6) is 11.6 Å². The highest BCUT2D eigenvalue weighted by Crippen LogP contribution is 2.22. The van der Waals surface area contributed by atoms with Crippen LogP contribution < -0.4 is 10.1 Å². The molecule has 0 atom stereocenters. The van der Waals surface area contributed by atoms with Gasteiger partial charge in [0.15, 0.2) is 9.84 Å². The number of aromatic nitrogens is 2. The lowest BCUT2D eigenvalue weighted by Gasteiger charge is -2.08. The quantitative estimate of drug-likeness (QED) is 0.742. The maximum absolute atomic E-state index is 12.3. The molecule has 0 unspecified atom stereocenters. The number of hydrogen-bond donors (Lipinski definition) is 1. The standard InChI is InChI=1S/C18H15N3O4S/c1-26(23,24)16-7-5-13(6-8-16)18(22)21-14-3-2-4-15(11-14)25-17-12-19-9-10-20-17/h2-12H,1H3,(H,21,22). The number of hydrogen-bond acceptors (Lipinski definition) is 6. The summed E-state index contributed by atoms with van der Waals surface area (Å²) >= 11 is 0. The first-order valence-electron chi connectivity index (χ1n) is 7.57. The summed E-state index contributed by atoms with van der Waals surface area (Å²) in [5, 5.41) is 2.74. The van der Waals surface area contributed by atoms with E-state index >= 15 is 0 Å². The van der Waals surface area contributed by atoms with Crippen LogP contribution in [0, 0.1) is 0 Å². The van der Waals surface area contributed by atoms with Gasteiger partial charge >= 0.3 is 0 Å². The van der Waals surface area contributed by atoms with E-state index in [0.29, 0.717) is 22.9 Å². The third-order valence-corrected chi connectivity index (χ3v) is 4.53. The molecule has 1 amide bonds. The second-order valence-electron chi connectivity index (χ2n) is 5.42. The Morgan fingerprint density at radius 2 is 1.85 bits per heavy atom. The zero-order valence-electron chi connectivity index (χ0n) is 13.8. The van der Waals surface area contributed by atoms with Gasteiger partial charge in [0.05, 0.1) is 11.1 Å². The topological polar surface area (TPSA) is 98.2 Å². The smallest absolute Gasteiger partial charge is 0.255 e. The fraction of sp³-hybridized carbons (Fsp3) is 0.0556. The number of benzene rings is 2. The number of nitrogens with one attached hydrogen (secondary N) is 1. The van der Waals surface area contributed by atoms with Gasteiger partial charge in [-0.15, -0.1) is 0 Å². The number of ether oxygens (including phenoxy) is 1. The molecule has 0 aliphatic carbocycles. The van der Waals surface area contributed by atoms with Gasteiger partial charge in [0.2, 0.25) is 5.88 Å². The first kappa shape index (κ1) is 17.6. The highest BCUT2D eigenvalue weighted by atomic mass is 32.2. The van der Waals surface area contributed by atoms with E-state index in [1.54, 1.807) is 30.5 Å². The molecule has 0 saturated heterocycles.